The Morgan fingerprint density at radius 2 is 1.03 bits per heavy atom. The van der Waals surface area contributed by atoms with Crippen LogP contribution in [0.5, 0.6) is 0 Å². The molecule has 0 spiro atoms. The van der Waals surface area contributed by atoms with Gasteiger partial charge in [-0.3, -0.25) is 0 Å². The van der Waals surface area contributed by atoms with Gasteiger partial charge in [-0.2, -0.15) is 41.3 Å². The summed E-state index contributed by atoms with van der Waals surface area (Å²) in [6.45, 7) is 11.4. The van der Waals surface area contributed by atoms with E-state index in [9.17, 15) is 0 Å². The number of anilines is 4. The molecule has 0 N–H and O–H groups in total. The Hall–Kier alpha value is -7.72. The third-order valence-corrected chi connectivity index (χ3v) is 14.7. The molecule has 12 rings (SSSR count). The molecule has 0 atom stereocenters. The molecule has 0 fully saturated rings. The SMILES string of the molecule is CC(C)(c1ccccc1)c1cc(N2[CH-]N(c3[c-]c(B(c4[c-]c5c(cc4)c4ccccc4n5-c4ccccn4)c4ccccc4)cc(-c4ccccc4)c3)c3ccccc32)cc(C(C)(C)c2ccccc2)c1.[Pt]. The monoisotopic (exact) mass is 1110 g/mol. The van der Waals surface area contributed by atoms with Crippen LogP contribution in [0.2, 0.25) is 0 Å². The summed E-state index contributed by atoms with van der Waals surface area (Å²) in [6.07, 6.45) is 1.86. The van der Waals surface area contributed by atoms with Crippen molar-refractivity contribution in [3.8, 4) is 16.9 Å². The molecule has 11 aromatic rings. The average Bonchev–Trinajstić information content (AvgIpc) is 3.98. The van der Waals surface area contributed by atoms with Gasteiger partial charge < -0.3 is 14.4 Å². The number of pyridine rings is 1. The molecular formula is C66H52BN4Pt-3. The van der Waals surface area contributed by atoms with E-state index in [1.54, 1.807) is 0 Å². The van der Waals surface area contributed by atoms with E-state index in [0.717, 1.165) is 72.5 Å². The van der Waals surface area contributed by atoms with Crippen molar-refractivity contribution in [2.75, 3.05) is 9.80 Å². The largest absolute Gasteiger partial charge is 0.493 e. The molecule has 0 saturated carbocycles. The van der Waals surface area contributed by atoms with Crippen molar-refractivity contribution >= 4 is 67.7 Å². The van der Waals surface area contributed by atoms with Crippen LogP contribution >= 0.6 is 0 Å². The first-order chi connectivity index (χ1) is 34.7. The molecule has 4 nitrogen and oxygen atoms in total. The van der Waals surface area contributed by atoms with Crippen molar-refractivity contribution in [1.82, 2.24) is 9.55 Å². The van der Waals surface area contributed by atoms with Crippen LogP contribution in [0, 0.1) is 18.8 Å². The van der Waals surface area contributed by atoms with Crippen molar-refractivity contribution in [1.29, 1.82) is 0 Å². The maximum Gasteiger partial charge on any atom is 0.191 e. The second-order valence-corrected chi connectivity index (χ2v) is 19.7. The maximum atomic E-state index is 4.84. The third-order valence-electron chi connectivity index (χ3n) is 14.7. The van der Waals surface area contributed by atoms with Crippen molar-refractivity contribution in [3.63, 3.8) is 0 Å². The van der Waals surface area contributed by atoms with Crippen LogP contribution in [0.1, 0.15) is 49.9 Å². The maximum absolute atomic E-state index is 4.84. The summed E-state index contributed by atoms with van der Waals surface area (Å²) in [7, 11) is 0. The van der Waals surface area contributed by atoms with Crippen LogP contribution in [0.15, 0.2) is 237 Å². The van der Waals surface area contributed by atoms with Gasteiger partial charge in [0, 0.05) is 60.7 Å². The summed E-state index contributed by atoms with van der Waals surface area (Å²) in [5.74, 6) is 0.862. The van der Waals surface area contributed by atoms with E-state index in [1.165, 1.54) is 27.6 Å². The van der Waals surface area contributed by atoms with Crippen LogP contribution in [0.25, 0.3) is 38.8 Å². The van der Waals surface area contributed by atoms with Crippen LogP contribution in [-0.2, 0) is 31.9 Å². The molecule has 0 bridgehead atoms. The zero-order chi connectivity index (χ0) is 48.1. The van der Waals surface area contributed by atoms with Gasteiger partial charge in [0.15, 0.2) is 6.71 Å². The molecule has 9 aromatic carbocycles. The second-order valence-electron chi connectivity index (χ2n) is 19.7. The normalized spacial score (nSPS) is 12.5. The number of nitrogens with zero attached hydrogens (tertiary/aromatic N) is 4. The van der Waals surface area contributed by atoms with Gasteiger partial charge in [-0.25, -0.2) is 4.98 Å². The van der Waals surface area contributed by atoms with Gasteiger partial charge in [-0.15, -0.1) is 29.4 Å². The van der Waals surface area contributed by atoms with Crippen molar-refractivity contribution in [2.24, 2.45) is 0 Å². The molecule has 352 valence electrons. The zero-order valence-electron chi connectivity index (χ0n) is 40.8. The predicted octanol–water partition coefficient (Wildman–Crippen LogP) is 14.0. The molecule has 1 aliphatic heterocycles. The number of aromatic nitrogens is 2. The Bertz CT molecular complexity index is 3620. The van der Waals surface area contributed by atoms with Crippen LogP contribution < -0.4 is 26.2 Å². The van der Waals surface area contributed by atoms with Gasteiger partial charge in [0.25, 0.3) is 0 Å². The van der Waals surface area contributed by atoms with Crippen LogP contribution in [-0.4, -0.2) is 16.3 Å². The molecule has 2 aromatic heterocycles. The molecule has 3 heterocycles. The Kier molecular flexibility index (Phi) is 12.4. The molecule has 0 saturated heterocycles. The number of fused-ring (bicyclic) bond motifs is 4. The van der Waals surface area contributed by atoms with Gasteiger partial charge in [0.05, 0.1) is 0 Å². The van der Waals surface area contributed by atoms with Gasteiger partial charge in [0.2, 0.25) is 0 Å². The molecule has 0 radical (unpaired) electrons. The first-order valence-electron chi connectivity index (χ1n) is 24.6. The predicted molar refractivity (Wildman–Crippen MR) is 298 cm³/mol. The topological polar surface area (TPSA) is 24.3 Å². The van der Waals surface area contributed by atoms with Crippen LogP contribution in [0.4, 0.5) is 22.7 Å². The Morgan fingerprint density at radius 1 is 0.458 bits per heavy atom. The third kappa shape index (κ3) is 8.36. The average molecular weight is 1110 g/mol. The minimum Gasteiger partial charge on any atom is -0.493 e. The Balaban J connectivity index is 0.00000560. The number of hydrogen-bond acceptors (Lipinski definition) is 3. The number of hydrogen-bond donors (Lipinski definition) is 0. The summed E-state index contributed by atoms with van der Waals surface area (Å²) < 4.78 is 2.25. The Morgan fingerprint density at radius 3 is 1.67 bits per heavy atom. The van der Waals surface area contributed by atoms with E-state index >= 15 is 0 Å². The first-order valence-corrected chi connectivity index (χ1v) is 24.6. The molecule has 0 aliphatic carbocycles. The second kappa shape index (κ2) is 19.1. The summed E-state index contributed by atoms with van der Waals surface area (Å²) in [4.78, 5) is 9.55. The van der Waals surface area contributed by atoms with E-state index in [1.807, 2.05) is 18.3 Å². The smallest absolute Gasteiger partial charge is 0.191 e. The van der Waals surface area contributed by atoms with E-state index in [2.05, 4.69) is 279 Å². The first kappa shape index (κ1) is 46.7. The Labute approximate surface area is 438 Å². The van der Waals surface area contributed by atoms with Gasteiger partial charge in [-0.1, -0.05) is 202 Å². The molecule has 72 heavy (non-hydrogen) atoms. The van der Waals surface area contributed by atoms with Crippen molar-refractivity contribution in [3.05, 3.63) is 278 Å². The fourth-order valence-electron chi connectivity index (χ4n) is 10.7. The fraction of sp³-hybridized carbons (Fsp3) is 0.0909. The summed E-state index contributed by atoms with van der Waals surface area (Å²) in [6, 6.07) is 91.2. The van der Waals surface area contributed by atoms with Crippen molar-refractivity contribution in [2.45, 2.75) is 38.5 Å². The van der Waals surface area contributed by atoms with Gasteiger partial charge in [0.1, 0.15) is 5.82 Å². The molecular weight excluding hydrogens is 1050 g/mol. The minimum atomic E-state index is -0.275. The number of rotatable bonds is 11. The quantitative estimate of drug-likeness (QED) is 0.0953. The van der Waals surface area contributed by atoms with E-state index in [4.69, 9.17) is 4.98 Å². The van der Waals surface area contributed by atoms with Crippen molar-refractivity contribution < 1.29 is 21.1 Å². The molecule has 0 unspecified atom stereocenters. The summed E-state index contributed by atoms with van der Waals surface area (Å²) in [5, 5.41) is 2.31. The summed E-state index contributed by atoms with van der Waals surface area (Å²) >= 11 is 0. The van der Waals surface area contributed by atoms with E-state index in [0.29, 0.717) is 0 Å². The number of para-hydroxylation sites is 3. The van der Waals surface area contributed by atoms with E-state index < -0.39 is 0 Å². The zero-order valence-corrected chi connectivity index (χ0v) is 43.0. The number of benzene rings is 9. The van der Waals surface area contributed by atoms with Crippen LogP contribution in [0.3, 0.4) is 0 Å². The minimum absolute atomic E-state index is 0. The molecule has 1 aliphatic rings. The fourth-order valence-corrected chi connectivity index (χ4v) is 10.7. The van der Waals surface area contributed by atoms with Gasteiger partial charge in [-0.05, 0) is 75.7 Å². The standard InChI is InChI=1S/C66H52BN4.Pt/c1-65(2,49-25-11-6-12-26-49)51-41-52(66(3,4)50-27-13-7-14-28-50)43-57(42-51)70-46-69(61-33-19-20-34-62(61)70)56-40-48(47-23-9-5-10-24-47)39-55(44-56)67(53-29-15-8-16-30-53)54-36-37-59-58-31-17-18-32-60(58)71(63(59)45-54)64-35-21-22-38-68-64;/h5-43,46H,1-4H3;/q-3;. The van der Waals surface area contributed by atoms with Gasteiger partial charge >= 0.3 is 0 Å². The molecule has 6 heteroatoms. The molecule has 0 amide bonds. The summed E-state index contributed by atoms with van der Waals surface area (Å²) in [5.41, 5.74) is 16.4. The van der Waals surface area contributed by atoms with E-state index in [-0.39, 0.29) is 38.6 Å².